The Hall–Kier alpha value is -1.83. The van der Waals surface area contributed by atoms with Crippen LogP contribution in [0.15, 0.2) is 41.7 Å². The fourth-order valence-corrected chi connectivity index (χ4v) is 4.70. The van der Waals surface area contributed by atoms with Crippen molar-refractivity contribution in [3.05, 3.63) is 52.9 Å². The van der Waals surface area contributed by atoms with Crippen LogP contribution in [0.2, 0.25) is 0 Å². The molecular formula is C22H29F2N3O2. The van der Waals surface area contributed by atoms with Crippen molar-refractivity contribution >= 4 is 0 Å². The Labute approximate surface area is 169 Å². The third kappa shape index (κ3) is 4.68. The Balaban J connectivity index is 1.38. The van der Waals surface area contributed by atoms with Crippen LogP contribution in [-0.2, 0) is 24.1 Å². The number of nitrogens with two attached hydrogens (primary N) is 1. The molecule has 5 nitrogen and oxygen atoms in total. The third-order valence-corrected chi connectivity index (χ3v) is 6.04. The summed E-state index contributed by atoms with van der Waals surface area (Å²) in [6, 6.07) is -0.325. The summed E-state index contributed by atoms with van der Waals surface area (Å²) in [4.78, 5) is 0. The highest BCUT2D eigenvalue weighted by Gasteiger charge is 2.37. The Kier molecular flexibility index (Phi) is 5.99. The molecule has 4 rings (SSSR count). The lowest BCUT2D eigenvalue weighted by molar-refractivity contribution is -0.0479. The highest BCUT2D eigenvalue weighted by molar-refractivity contribution is 5.30. The number of nitrogens with zero attached hydrogens (tertiary/aromatic N) is 2. The van der Waals surface area contributed by atoms with Gasteiger partial charge in [0.25, 0.3) is 0 Å². The predicted molar refractivity (Wildman–Crippen MR) is 106 cm³/mol. The van der Waals surface area contributed by atoms with E-state index in [1.54, 1.807) is 6.92 Å². The predicted octanol–water partition coefficient (Wildman–Crippen LogP) is 3.14. The van der Waals surface area contributed by atoms with Crippen LogP contribution in [0.4, 0.5) is 8.78 Å². The minimum Gasteiger partial charge on any atom is -0.391 e. The molecule has 29 heavy (non-hydrogen) atoms. The van der Waals surface area contributed by atoms with Crippen LogP contribution in [0.25, 0.3) is 0 Å². The second-order valence-corrected chi connectivity index (χ2v) is 8.61. The van der Waals surface area contributed by atoms with Gasteiger partial charge in [-0.3, -0.25) is 4.68 Å². The van der Waals surface area contributed by atoms with Crippen LogP contribution in [-0.4, -0.2) is 39.7 Å². The molecule has 0 radical (unpaired) electrons. The number of hydrogen-bond acceptors (Lipinski definition) is 4. The second kappa shape index (κ2) is 8.50. The molecule has 0 spiro atoms. The summed E-state index contributed by atoms with van der Waals surface area (Å²) in [5.41, 5.74) is 9.96. The molecular weight excluding hydrogens is 376 g/mol. The molecule has 2 heterocycles. The molecule has 1 unspecified atom stereocenters. The van der Waals surface area contributed by atoms with Crippen LogP contribution < -0.4 is 5.73 Å². The van der Waals surface area contributed by atoms with Crippen LogP contribution in [0.5, 0.6) is 0 Å². The number of aromatic nitrogens is 2. The van der Waals surface area contributed by atoms with Crippen molar-refractivity contribution in [2.75, 3.05) is 6.61 Å². The van der Waals surface area contributed by atoms with Gasteiger partial charge in [-0.25, -0.2) is 8.78 Å². The zero-order chi connectivity index (χ0) is 20.5. The first kappa shape index (κ1) is 20.4. The van der Waals surface area contributed by atoms with Crippen molar-refractivity contribution in [2.45, 2.75) is 63.8 Å². The largest absolute Gasteiger partial charge is 0.391 e. The maximum atomic E-state index is 14.1. The van der Waals surface area contributed by atoms with Crippen molar-refractivity contribution in [1.29, 1.82) is 0 Å². The number of aliphatic hydroxyl groups excluding tert-OH is 1. The monoisotopic (exact) mass is 405 g/mol. The lowest BCUT2D eigenvalue weighted by Gasteiger charge is -2.38. The second-order valence-electron chi connectivity index (χ2n) is 8.61. The van der Waals surface area contributed by atoms with Gasteiger partial charge in [0.05, 0.1) is 31.1 Å². The van der Waals surface area contributed by atoms with Gasteiger partial charge in [0.1, 0.15) is 11.7 Å². The highest BCUT2D eigenvalue weighted by Crippen LogP contribution is 2.36. The van der Waals surface area contributed by atoms with Gasteiger partial charge in [-0.15, -0.1) is 0 Å². The molecule has 3 aliphatic rings. The SMILES string of the molecule is C[C@H](O)Cn1cc2c(n1)CC/C(=C/[C@H]1CO[C@H](C3CC(F)=CC=C3F)[C@@H](N)C1)C2. The van der Waals surface area contributed by atoms with Gasteiger partial charge >= 0.3 is 0 Å². The summed E-state index contributed by atoms with van der Waals surface area (Å²) in [6.07, 6.45) is 9.13. The number of ether oxygens (including phenoxy) is 1. The molecule has 1 aliphatic heterocycles. The summed E-state index contributed by atoms with van der Waals surface area (Å²) < 4.78 is 35.5. The molecule has 1 saturated heterocycles. The number of aliphatic hydroxyl groups is 1. The van der Waals surface area contributed by atoms with Gasteiger partial charge in [0.15, 0.2) is 0 Å². The van der Waals surface area contributed by atoms with Crippen LogP contribution in [0.1, 0.15) is 37.4 Å². The van der Waals surface area contributed by atoms with E-state index in [1.807, 2.05) is 10.9 Å². The molecule has 5 atom stereocenters. The molecule has 0 saturated carbocycles. The number of rotatable bonds is 4. The van der Waals surface area contributed by atoms with E-state index in [9.17, 15) is 13.9 Å². The van der Waals surface area contributed by atoms with Crippen molar-refractivity contribution in [1.82, 2.24) is 9.78 Å². The molecule has 2 aliphatic carbocycles. The van der Waals surface area contributed by atoms with E-state index >= 15 is 0 Å². The van der Waals surface area contributed by atoms with Crippen molar-refractivity contribution in [3.63, 3.8) is 0 Å². The van der Waals surface area contributed by atoms with Crippen molar-refractivity contribution in [2.24, 2.45) is 17.6 Å². The molecule has 3 N–H and O–H groups in total. The van der Waals surface area contributed by atoms with E-state index in [4.69, 9.17) is 10.5 Å². The third-order valence-electron chi connectivity index (χ3n) is 6.04. The van der Waals surface area contributed by atoms with E-state index in [0.717, 1.165) is 25.0 Å². The number of aryl methyl sites for hydroxylation is 1. The minimum absolute atomic E-state index is 0.0195. The zero-order valence-corrected chi connectivity index (χ0v) is 16.7. The van der Waals surface area contributed by atoms with Crippen LogP contribution in [0.3, 0.4) is 0 Å². The normalized spacial score (nSPS) is 32.5. The van der Waals surface area contributed by atoms with Crippen molar-refractivity contribution in [3.8, 4) is 0 Å². The van der Waals surface area contributed by atoms with Gasteiger partial charge in [0, 0.05) is 30.5 Å². The molecule has 158 valence electrons. The molecule has 1 fully saturated rings. The lowest BCUT2D eigenvalue weighted by atomic mass is 9.82. The summed E-state index contributed by atoms with van der Waals surface area (Å²) in [6.45, 7) is 2.73. The van der Waals surface area contributed by atoms with Crippen LogP contribution >= 0.6 is 0 Å². The Morgan fingerprint density at radius 3 is 2.97 bits per heavy atom. The Morgan fingerprint density at radius 2 is 2.21 bits per heavy atom. The van der Waals surface area contributed by atoms with E-state index in [1.165, 1.54) is 23.3 Å². The Bertz CT molecular complexity index is 843. The van der Waals surface area contributed by atoms with E-state index < -0.39 is 18.1 Å². The molecule has 7 heteroatoms. The topological polar surface area (TPSA) is 73.3 Å². The summed E-state index contributed by atoms with van der Waals surface area (Å²) in [7, 11) is 0. The molecule has 0 amide bonds. The fraction of sp³-hybridized carbons (Fsp3) is 0.591. The molecule has 1 aromatic heterocycles. The lowest BCUT2D eigenvalue weighted by Crippen LogP contribution is -2.48. The minimum atomic E-state index is -0.624. The van der Waals surface area contributed by atoms with Crippen LogP contribution in [0, 0.1) is 11.8 Å². The van der Waals surface area contributed by atoms with E-state index in [2.05, 4.69) is 11.2 Å². The highest BCUT2D eigenvalue weighted by atomic mass is 19.1. The average molecular weight is 405 g/mol. The van der Waals surface area contributed by atoms with Gasteiger partial charge in [-0.2, -0.15) is 5.10 Å². The maximum Gasteiger partial charge on any atom is 0.106 e. The van der Waals surface area contributed by atoms with Gasteiger partial charge in [-0.1, -0.05) is 11.6 Å². The van der Waals surface area contributed by atoms with E-state index in [0.29, 0.717) is 19.6 Å². The van der Waals surface area contributed by atoms with E-state index in [-0.39, 0.29) is 30.0 Å². The average Bonchev–Trinajstić information content (AvgIpc) is 3.05. The van der Waals surface area contributed by atoms with Gasteiger partial charge < -0.3 is 15.6 Å². The molecule has 1 aromatic rings. The summed E-state index contributed by atoms with van der Waals surface area (Å²) >= 11 is 0. The summed E-state index contributed by atoms with van der Waals surface area (Å²) in [5, 5.41) is 14.1. The quantitative estimate of drug-likeness (QED) is 0.755. The molecule has 0 bridgehead atoms. The zero-order valence-electron chi connectivity index (χ0n) is 16.7. The first-order valence-electron chi connectivity index (χ1n) is 10.4. The van der Waals surface area contributed by atoms with Gasteiger partial charge in [0.2, 0.25) is 0 Å². The first-order chi connectivity index (χ1) is 13.9. The van der Waals surface area contributed by atoms with Crippen molar-refractivity contribution < 1.29 is 18.6 Å². The Morgan fingerprint density at radius 1 is 1.38 bits per heavy atom. The first-order valence-corrected chi connectivity index (χ1v) is 10.4. The smallest absolute Gasteiger partial charge is 0.106 e. The number of fused-ring (bicyclic) bond motifs is 1. The standard InChI is InChI=1S/C22H29F2N3O2/c1-13(28)10-27-11-16-7-14(2-5-21(16)26-27)6-15-8-20(25)22(29-12-15)18-9-17(23)3-4-19(18)24/h3-4,6,11,13,15,18,20,22,28H,2,5,7-10,12,25H2,1H3/b14-6-/t13-,15+,18?,20-,22+/m0/s1. The number of allylic oxidation sites excluding steroid dienone is 4. The molecule has 0 aromatic carbocycles. The number of halogens is 2. The van der Waals surface area contributed by atoms with Gasteiger partial charge in [-0.05, 0) is 50.3 Å². The fourth-order valence-electron chi connectivity index (χ4n) is 4.70. The number of hydrogen-bond donors (Lipinski definition) is 2. The summed E-state index contributed by atoms with van der Waals surface area (Å²) in [5.74, 6) is -1.12. The maximum absolute atomic E-state index is 14.1.